The lowest BCUT2D eigenvalue weighted by atomic mass is 9.87. The van der Waals surface area contributed by atoms with Crippen molar-refractivity contribution in [2.24, 2.45) is 5.16 Å². The van der Waals surface area contributed by atoms with Crippen LogP contribution in [0.25, 0.3) is 0 Å². The maximum atomic E-state index is 11.9. The molecule has 2 aromatic carbocycles. The van der Waals surface area contributed by atoms with E-state index in [1.165, 1.54) is 12.7 Å². The second-order valence-corrected chi connectivity index (χ2v) is 7.65. The van der Waals surface area contributed by atoms with Crippen molar-refractivity contribution in [2.45, 2.75) is 26.2 Å². The maximum Gasteiger partial charge on any atom is 0.270 e. The van der Waals surface area contributed by atoms with E-state index in [0.717, 1.165) is 6.21 Å². The third-order valence-corrected chi connectivity index (χ3v) is 4.13. The predicted octanol–water partition coefficient (Wildman–Crippen LogP) is 4.23. The number of carbonyl (C=O) groups is 2. The van der Waals surface area contributed by atoms with Crippen LogP contribution in [0.3, 0.4) is 0 Å². The summed E-state index contributed by atoms with van der Waals surface area (Å²) >= 11 is 5.91. The van der Waals surface area contributed by atoms with Crippen molar-refractivity contribution >= 4 is 41.0 Å². The van der Waals surface area contributed by atoms with E-state index in [1.807, 2.05) is 24.3 Å². The number of ether oxygens (including phenoxy) is 1. The van der Waals surface area contributed by atoms with Gasteiger partial charge in [0.25, 0.3) is 11.8 Å². The number of anilines is 2. The second-order valence-electron chi connectivity index (χ2n) is 7.22. The van der Waals surface area contributed by atoms with Gasteiger partial charge in [-0.05, 0) is 41.3 Å². The van der Waals surface area contributed by atoms with Crippen LogP contribution < -0.4 is 15.4 Å². The molecule has 7 nitrogen and oxygen atoms in total. The molecule has 8 heteroatoms. The first-order valence-corrected chi connectivity index (χ1v) is 9.27. The van der Waals surface area contributed by atoms with Gasteiger partial charge in [-0.25, -0.2) is 0 Å². The van der Waals surface area contributed by atoms with Crippen molar-refractivity contribution in [3.8, 4) is 5.75 Å². The quantitative estimate of drug-likeness (QED) is 0.521. The fourth-order valence-corrected chi connectivity index (χ4v) is 2.55. The Morgan fingerprint density at radius 1 is 1.10 bits per heavy atom. The molecule has 0 bridgehead atoms. The molecule has 0 aromatic heterocycles. The predicted molar refractivity (Wildman–Crippen MR) is 115 cm³/mol. The molecular weight excluding hydrogens is 394 g/mol. The normalized spacial score (nSPS) is 11.2. The summed E-state index contributed by atoms with van der Waals surface area (Å²) in [6.45, 7) is 6.02. The summed E-state index contributed by atoms with van der Waals surface area (Å²) in [4.78, 5) is 28.7. The van der Waals surface area contributed by atoms with Gasteiger partial charge in [-0.3, -0.25) is 9.59 Å². The third-order valence-electron chi connectivity index (χ3n) is 3.89. The van der Waals surface area contributed by atoms with Gasteiger partial charge in [0.1, 0.15) is 12.0 Å². The molecule has 0 aliphatic rings. The van der Waals surface area contributed by atoms with Crippen molar-refractivity contribution in [3.63, 3.8) is 0 Å². The Morgan fingerprint density at radius 3 is 2.41 bits per heavy atom. The van der Waals surface area contributed by atoms with Crippen LogP contribution in [0.1, 0.15) is 26.3 Å². The second kappa shape index (κ2) is 9.93. The largest absolute Gasteiger partial charge is 0.495 e. The molecule has 0 heterocycles. The Balaban J connectivity index is 1.80. The number of halogens is 1. The highest BCUT2D eigenvalue weighted by atomic mass is 35.5. The summed E-state index contributed by atoms with van der Waals surface area (Å²) in [5, 5.41) is 9.22. The number of amides is 2. The summed E-state index contributed by atoms with van der Waals surface area (Å²) in [6.07, 6.45) is 0.922. The van der Waals surface area contributed by atoms with Crippen LogP contribution in [-0.4, -0.2) is 31.7 Å². The monoisotopic (exact) mass is 417 g/mol. The molecule has 2 aromatic rings. The highest BCUT2D eigenvalue weighted by molar-refractivity contribution is 6.33. The molecule has 2 rings (SSSR count). The SMILES string of the molecule is COc1ccc(Cl)cc1NC(=O)/C=N\OCC(=O)Nc1ccc(C(C)(C)C)cc1. The van der Waals surface area contributed by atoms with Crippen molar-refractivity contribution in [2.75, 3.05) is 24.4 Å². The minimum Gasteiger partial charge on any atom is -0.495 e. The molecule has 0 fully saturated rings. The number of nitrogens with zero attached hydrogens (tertiary/aromatic N) is 1. The standard InChI is InChI=1S/C21H24ClN3O4/c1-21(2,3)14-5-8-16(9-6-14)24-20(27)13-29-23-12-19(26)25-17-11-15(22)7-10-18(17)28-4/h5-12H,13H2,1-4H3,(H,24,27)(H,25,26)/b23-12-. The minimum atomic E-state index is -0.552. The fourth-order valence-electron chi connectivity index (χ4n) is 2.37. The molecule has 154 valence electrons. The van der Waals surface area contributed by atoms with E-state index >= 15 is 0 Å². The van der Waals surface area contributed by atoms with Gasteiger partial charge in [-0.15, -0.1) is 0 Å². The summed E-state index contributed by atoms with van der Waals surface area (Å²) < 4.78 is 5.14. The summed E-state index contributed by atoms with van der Waals surface area (Å²) in [6, 6.07) is 12.4. The lowest BCUT2D eigenvalue weighted by Crippen LogP contribution is -2.18. The zero-order valence-electron chi connectivity index (χ0n) is 16.8. The topological polar surface area (TPSA) is 89.0 Å². The van der Waals surface area contributed by atoms with E-state index in [2.05, 4.69) is 36.6 Å². The van der Waals surface area contributed by atoms with Crippen molar-refractivity contribution in [1.82, 2.24) is 0 Å². The number of methoxy groups -OCH3 is 1. The zero-order chi connectivity index (χ0) is 21.4. The van der Waals surface area contributed by atoms with Crippen LogP contribution in [0.5, 0.6) is 5.75 Å². The van der Waals surface area contributed by atoms with Crippen molar-refractivity contribution in [3.05, 3.63) is 53.1 Å². The van der Waals surface area contributed by atoms with Crippen LogP contribution in [0, 0.1) is 0 Å². The molecule has 0 radical (unpaired) electrons. The molecular formula is C21H24ClN3O4. The first kappa shape index (κ1) is 22.2. The van der Waals surface area contributed by atoms with Crippen LogP contribution >= 0.6 is 11.6 Å². The molecule has 0 aliphatic heterocycles. The van der Waals surface area contributed by atoms with Gasteiger partial charge in [-0.2, -0.15) is 0 Å². The van der Waals surface area contributed by atoms with Crippen LogP contribution in [0.15, 0.2) is 47.6 Å². The fraction of sp³-hybridized carbons (Fsp3) is 0.286. The Labute approximate surface area is 175 Å². The Bertz CT molecular complexity index is 890. The maximum absolute atomic E-state index is 11.9. The van der Waals surface area contributed by atoms with Gasteiger partial charge in [0.05, 0.1) is 12.8 Å². The Hall–Kier alpha value is -3.06. The molecule has 2 N–H and O–H groups in total. The average Bonchev–Trinajstić information content (AvgIpc) is 2.65. The first-order chi connectivity index (χ1) is 13.7. The highest BCUT2D eigenvalue weighted by Crippen LogP contribution is 2.27. The van der Waals surface area contributed by atoms with Gasteiger partial charge in [0, 0.05) is 10.7 Å². The van der Waals surface area contributed by atoms with E-state index in [0.29, 0.717) is 22.1 Å². The molecule has 2 amide bonds. The van der Waals surface area contributed by atoms with Gasteiger partial charge >= 0.3 is 0 Å². The third kappa shape index (κ3) is 7.12. The van der Waals surface area contributed by atoms with Gasteiger partial charge in [0.15, 0.2) is 6.61 Å². The Morgan fingerprint density at radius 2 is 1.79 bits per heavy atom. The lowest BCUT2D eigenvalue weighted by molar-refractivity contribution is -0.120. The van der Waals surface area contributed by atoms with E-state index in [9.17, 15) is 9.59 Å². The van der Waals surface area contributed by atoms with Crippen LogP contribution in [0.2, 0.25) is 5.02 Å². The number of benzene rings is 2. The van der Waals surface area contributed by atoms with Crippen LogP contribution in [0.4, 0.5) is 11.4 Å². The van der Waals surface area contributed by atoms with E-state index < -0.39 is 5.91 Å². The zero-order valence-corrected chi connectivity index (χ0v) is 17.5. The molecule has 29 heavy (non-hydrogen) atoms. The van der Waals surface area contributed by atoms with Gasteiger partial charge in [-0.1, -0.05) is 49.7 Å². The lowest BCUT2D eigenvalue weighted by Gasteiger charge is -2.19. The number of hydrogen-bond donors (Lipinski definition) is 2. The smallest absolute Gasteiger partial charge is 0.270 e. The number of oxime groups is 1. The molecule has 0 spiro atoms. The average molecular weight is 418 g/mol. The van der Waals surface area contributed by atoms with Gasteiger partial charge < -0.3 is 20.2 Å². The highest BCUT2D eigenvalue weighted by Gasteiger charge is 2.13. The molecule has 0 saturated carbocycles. The van der Waals surface area contributed by atoms with E-state index in [-0.39, 0.29) is 17.9 Å². The van der Waals surface area contributed by atoms with Crippen molar-refractivity contribution < 1.29 is 19.2 Å². The molecule has 0 atom stereocenters. The minimum absolute atomic E-state index is 0.0377. The first-order valence-electron chi connectivity index (χ1n) is 8.89. The summed E-state index contributed by atoms with van der Waals surface area (Å²) in [5.41, 5.74) is 2.25. The summed E-state index contributed by atoms with van der Waals surface area (Å²) in [7, 11) is 1.48. The molecule has 0 aliphatic carbocycles. The van der Waals surface area contributed by atoms with E-state index in [4.69, 9.17) is 21.2 Å². The van der Waals surface area contributed by atoms with E-state index in [1.54, 1.807) is 18.2 Å². The van der Waals surface area contributed by atoms with Gasteiger partial charge in [0.2, 0.25) is 0 Å². The number of carbonyl (C=O) groups excluding carboxylic acids is 2. The number of hydrogen-bond acceptors (Lipinski definition) is 5. The summed E-state index contributed by atoms with van der Waals surface area (Å²) in [5.74, 6) is -0.486. The Kier molecular flexibility index (Phi) is 7.61. The molecule has 0 saturated heterocycles. The van der Waals surface area contributed by atoms with Crippen LogP contribution in [-0.2, 0) is 19.8 Å². The number of rotatable bonds is 7. The van der Waals surface area contributed by atoms with Crippen molar-refractivity contribution in [1.29, 1.82) is 0 Å². The molecule has 0 unspecified atom stereocenters. The number of nitrogens with one attached hydrogen (secondary N) is 2.